The molecule has 2 aliphatic rings. The summed E-state index contributed by atoms with van der Waals surface area (Å²) in [4.78, 5) is 11.0. The van der Waals surface area contributed by atoms with Gasteiger partial charge in [0.1, 0.15) is 12.4 Å². The van der Waals surface area contributed by atoms with Gasteiger partial charge in [-0.3, -0.25) is 4.79 Å². The second kappa shape index (κ2) is 5.86. The number of rotatable bonds is 4. The standard InChI is InChI=1S/C16H19BrO3/c17-14-5-3-4-12(10-18)15(14)19-11-13-6-9-16(20-13)7-1-2-8-16/h3-5,10,13H,1-2,6-9,11H2. The monoisotopic (exact) mass is 338 g/mol. The van der Waals surface area contributed by atoms with Gasteiger partial charge in [-0.15, -0.1) is 0 Å². The first kappa shape index (κ1) is 14.1. The van der Waals surface area contributed by atoms with E-state index in [-0.39, 0.29) is 11.7 Å². The van der Waals surface area contributed by atoms with Crippen LogP contribution >= 0.6 is 15.9 Å². The molecule has 0 aromatic heterocycles. The van der Waals surface area contributed by atoms with Crippen LogP contribution in [0.2, 0.25) is 0 Å². The molecule has 1 atom stereocenters. The first-order valence-electron chi connectivity index (χ1n) is 7.27. The molecule has 0 N–H and O–H groups in total. The molecule has 4 heteroatoms. The Bertz CT molecular complexity index is 494. The van der Waals surface area contributed by atoms with Crippen molar-refractivity contribution in [1.82, 2.24) is 0 Å². The van der Waals surface area contributed by atoms with Crippen molar-refractivity contribution in [3.63, 3.8) is 0 Å². The normalized spacial score (nSPS) is 24.1. The average Bonchev–Trinajstić information content (AvgIpc) is 3.08. The SMILES string of the molecule is O=Cc1cccc(Br)c1OCC1CCC2(CCCC2)O1. The summed E-state index contributed by atoms with van der Waals surface area (Å²) >= 11 is 3.43. The van der Waals surface area contributed by atoms with E-state index in [0.29, 0.717) is 17.9 Å². The fourth-order valence-electron chi connectivity index (χ4n) is 3.35. The summed E-state index contributed by atoms with van der Waals surface area (Å²) in [5.41, 5.74) is 0.711. The molecule has 20 heavy (non-hydrogen) atoms. The summed E-state index contributed by atoms with van der Waals surface area (Å²) in [5.74, 6) is 0.624. The molecule has 0 amide bonds. The predicted octanol–water partition coefficient (Wildman–Crippen LogP) is 4.13. The molecule has 1 aliphatic heterocycles. The number of carbonyl (C=O) groups is 1. The zero-order chi connectivity index (χ0) is 14.0. The van der Waals surface area contributed by atoms with Crippen LogP contribution in [0.15, 0.2) is 22.7 Å². The van der Waals surface area contributed by atoms with Crippen molar-refractivity contribution in [2.24, 2.45) is 0 Å². The maximum Gasteiger partial charge on any atom is 0.153 e. The van der Waals surface area contributed by atoms with E-state index in [0.717, 1.165) is 23.6 Å². The third kappa shape index (κ3) is 2.77. The number of halogens is 1. The summed E-state index contributed by atoms with van der Waals surface area (Å²) < 4.78 is 12.9. The minimum Gasteiger partial charge on any atom is -0.489 e. The molecular formula is C16H19BrO3. The van der Waals surface area contributed by atoms with Crippen molar-refractivity contribution >= 4 is 22.2 Å². The first-order chi connectivity index (χ1) is 9.72. The molecule has 3 rings (SSSR count). The number of hydrogen-bond donors (Lipinski definition) is 0. The number of carbonyl (C=O) groups excluding carboxylic acids is 1. The third-order valence-electron chi connectivity index (χ3n) is 4.39. The molecule has 3 nitrogen and oxygen atoms in total. The van der Waals surface area contributed by atoms with E-state index in [1.165, 1.54) is 25.7 Å². The van der Waals surface area contributed by atoms with Gasteiger partial charge in [0.25, 0.3) is 0 Å². The van der Waals surface area contributed by atoms with Gasteiger partial charge in [-0.2, -0.15) is 0 Å². The quantitative estimate of drug-likeness (QED) is 0.774. The number of hydrogen-bond acceptors (Lipinski definition) is 3. The Morgan fingerprint density at radius 2 is 2.15 bits per heavy atom. The molecule has 1 saturated heterocycles. The topological polar surface area (TPSA) is 35.5 Å². The Hall–Kier alpha value is -0.870. The van der Waals surface area contributed by atoms with Crippen LogP contribution in [0.5, 0.6) is 5.75 Å². The van der Waals surface area contributed by atoms with Gasteiger partial charge in [-0.1, -0.05) is 18.9 Å². The van der Waals surface area contributed by atoms with Crippen LogP contribution in [0.25, 0.3) is 0 Å². The Morgan fingerprint density at radius 1 is 1.35 bits per heavy atom. The molecular weight excluding hydrogens is 320 g/mol. The Balaban J connectivity index is 1.62. The molecule has 0 radical (unpaired) electrons. The van der Waals surface area contributed by atoms with Crippen molar-refractivity contribution in [3.05, 3.63) is 28.2 Å². The van der Waals surface area contributed by atoms with Crippen LogP contribution in [0.1, 0.15) is 48.9 Å². The van der Waals surface area contributed by atoms with Crippen LogP contribution in [-0.2, 0) is 4.74 Å². The molecule has 108 valence electrons. The van der Waals surface area contributed by atoms with Crippen molar-refractivity contribution in [2.45, 2.75) is 50.2 Å². The van der Waals surface area contributed by atoms with Crippen LogP contribution in [0.4, 0.5) is 0 Å². The summed E-state index contributed by atoms with van der Waals surface area (Å²) in [6.07, 6.45) is 8.14. The molecule has 1 unspecified atom stereocenters. The van der Waals surface area contributed by atoms with E-state index >= 15 is 0 Å². The molecule has 1 heterocycles. The second-order valence-electron chi connectivity index (χ2n) is 5.76. The van der Waals surface area contributed by atoms with Gasteiger partial charge in [0.05, 0.1) is 21.7 Å². The van der Waals surface area contributed by atoms with Crippen LogP contribution in [0.3, 0.4) is 0 Å². The summed E-state index contributed by atoms with van der Waals surface area (Å²) in [6.45, 7) is 0.519. The van der Waals surface area contributed by atoms with Crippen LogP contribution in [-0.4, -0.2) is 24.6 Å². The molecule has 1 spiro atoms. The van der Waals surface area contributed by atoms with Gasteiger partial charge >= 0.3 is 0 Å². The van der Waals surface area contributed by atoms with E-state index in [2.05, 4.69) is 15.9 Å². The highest BCUT2D eigenvalue weighted by Gasteiger charge is 2.42. The number of para-hydroxylation sites is 1. The molecule has 1 aliphatic carbocycles. The van der Waals surface area contributed by atoms with Crippen molar-refractivity contribution in [2.75, 3.05) is 6.61 Å². The minimum atomic E-state index is 0.134. The van der Waals surface area contributed by atoms with E-state index < -0.39 is 0 Å². The fourth-order valence-corrected chi connectivity index (χ4v) is 3.84. The summed E-state index contributed by atoms with van der Waals surface area (Å²) in [6, 6.07) is 5.48. The van der Waals surface area contributed by atoms with Gasteiger partial charge in [0, 0.05) is 0 Å². The molecule has 2 fully saturated rings. The van der Waals surface area contributed by atoms with E-state index in [1.807, 2.05) is 12.1 Å². The lowest BCUT2D eigenvalue weighted by atomic mass is 9.98. The average molecular weight is 339 g/mol. The van der Waals surface area contributed by atoms with Gasteiger partial charge in [-0.25, -0.2) is 0 Å². The van der Waals surface area contributed by atoms with Gasteiger partial charge in [0.15, 0.2) is 6.29 Å². The lowest BCUT2D eigenvalue weighted by Crippen LogP contribution is -2.27. The Labute approximate surface area is 127 Å². The predicted molar refractivity (Wildman–Crippen MR) is 80.3 cm³/mol. The van der Waals surface area contributed by atoms with Crippen molar-refractivity contribution in [3.8, 4) is 5.75 Å². The highest BCUT2D eigenvalue weighted by molar-refractivity contribution is 9.10. The smallest absolute Gasteiger partial charge is 0.153 e. The largest absolute Gasteiger partial charge is 0.489 e. The minimum absolute atomic E-state index is 0.134. The maximum atomic E-state index is 11.0. The van der Waals surface area contributed by atoms with Crippen molar-refractivity contribution < 1.29 is 14.3 Å². The number of benzene rings is 1. The fraction of sp³-hybridized carbons (Fsp3) is 0.562. The third-order valence-corrected chi connectivity index (χ3v) is 5.02. The van der Waals surface area contributed by atoms with Crippen LogP contribution in [0, 0.1) is 0 Å². The zero-order valence-electron chi connectivity index (χ0n) is 11.4. The highest BCUT2D eigenvalue weighted by Crippen LogP contribution is 2.43. The zero-order valence-corrected chi connectivity index (χ0v) is 13.0. The summed E-state index contributed by atoms with van der Waals surface area (Å²) in [5, 5.41) is 0. The molecule has 1 aromatic rings. The number of ether oxygens (including phenoxy) is 2. The lowest BCUT2D eigenvalue weighted by molar-refractivity contribution is -0.0510. The van der Waals surface area contributed by atoms with E-state index in [9.17, 15) is 4.79 Å². The van der Waals surface area contributed by atoms with Gasteiger partial charge in [0.2, 0.25) is 0 Å². The van der Waals surface area contributed by atoms with Gasteiger partial charge in [-0.05, 0) is 53.7 Å². The molecule has 0 bridgehead atoms. The second-order valence-corrected chi connectivity index (χ2v) is 6.61. The van der Waals surface area contributed by atoms with Gasteiger partial charge < -0.3 is 9.47 Å². The lowest BCUT2D eigenvalue weighted by Gasteiger charge is -2.24. The van der Waals surface area contributed by atoms with Crippen LogP contribution < -0.4 is 4.74 Å². The van der Waals surface area contributed by atoms with Crippen molar-refractivity contribution in [1.29, 1.82) is 0 Å². The Kier molecular flexibility index (Phi) is 4.13. The summed E-state index contributed by atoms with van der Waals surface area (Å²) in [7, 11) is 0. The first-order valence-corrected chi connectivity index (χ1v) is 8.06. The number of aldehydes is 1. The van der Waals surface area contributed by atoms with E-state index in [4.69, 9.17) is 9.47 Å². The molecule has 1 aromatic carbocycles. The van der Waals surface area contributed by atoms with E-state index in [1.54, 1.807) is 6.07 Å². The molecule has 1 saturated carbocycles. The highest BCUT2D eigenvalue weighted by atomic mass is 79.9. The Morgan fingerprint density at radius 3 is 2.90 bits per heavy atom. The maximum absolute atomic E-state index is 11.0.